The molecule has 0 radical (unpaired) electrons. The van der Waals surface area contributed by atoms with Crippen molar-refractivity contribution < 1.29 is 9.59 Å². The minimum Gasteiger partial charge on any atom is -0.352 e. The van der Waals surface area contributed by atoms with Gasteiger partial charge in [0.1, 0.15) is 0 Å². The Kier molecular flexibility index (Phi) is 6.96. The van der Waals surface area contributed by atoms with Crippen LogP contribution in [0.15, 0.2) is 84.9 Å². The largest absolute Gasteiger partial charge is 0.352 e. The van der Waals surface area contributed by atoms with Gasteiger partial charge in [-0.2, -0.15) is 0 Å². The molecule has 4 nitrogen and oxygen atoms in total. The number of aryl methyl sites for hydroxylation is 1. The molecule has 0 saturated heterocycles. The third-order valence-corrected chi connectivity index (χ3v) is 4.48. The first-order valence-electron chi connectivity index (χ1n) is 9.47. The van der Waals surface area contributed by atoms with E-state index in [2.05, 4.69) is 22.8 Å². The Morgan fingerprint density at radius 3 is 1.68 bits per heavy atom. The van der Waals surface area contributed by atoms with Gasteiger partial charge in [-0.3, -0.25) is 9.59 Å². The molecule has 0 aliphatic rings. The van der Waals surface area contributed by atoms with E-state index in [0.717, 1.165) is 18.4 Å². The van der Waals surface area contributed by atoms with Crippen LogP contribution in [0.4, 0.5) is 0 Å². The fourth-order valence-corrected chi connectivity index (χ4v) is 2.89. The fraction of sp³-hybridized carbons (Fsp3) is 0.167. The summed E-state index contributed by atoms with van der Waals surface area (Å²) in [4.78, 5) is 24.5. The number of carbonyl (C=O) groups excluding carboxylic acids is 2. The van der Waals surface area contributed by atoms with Gasteiger partial charge in [0, 0.05) is 24.2 Å². The second-order valence-corrected chi connectivity index (χ2v) is 6.59. The van der Waals surface area contributed by atoms with E-state index >= 15 is 0 Å². The molecule has 4 heteroatoms. The highest BCUT2D eigenvalue weighted by atomic mass is 16.2. The van der Waals surface area contributed by atoms with E-state index in [9.17, 15) is 9.59 Å². The molecule has 0 fully saturated rings. The highest BCUT2D eigenvalue weighted by Gasteiger charge is 2.08. The van der Waals surface area contributed by atoms with Crippen molar-refractivity contribution in [2.75, 3.05) is 6.54 Å². The van der Waals surface area contributed by atoms with Crippen molar-refractivity contribution in [1.82, 2.24) is 10.6 Å². The van der Waals surface area contributed by atoms with Crippen LogP contribution in [0.1, 0.15) is 38.3 Å². The average Bonchev–Trinajstić information content (AvgIpc) is 2.76. The summed E-state index contributed by atoms with van der Waals surface area (Å²) in [5.74, 6) is -0.275. The van der Waals surface area contributed by atoms with Gasteiger partial charge in [0.2, 0.25) is 0 Å². The van der Waals surface area contributed by atoms with E-state index in [1.54, 1.807) is 24.3 Å². The number of carbonyl (C=O) groups is 2. The predicted molar refractivity (Wildman–Crippen MR) is 111 cm³/mol. The second kappa shape index (κ2) is 10.1. The van der Waals surface area contributed by atoms with E-state index in [1.807, 2.05) is 48.5 Å². The summed E-state index contributed by atoms with van der Waals surface area (Å²) in [6.07, 6.45) is 1.82. The number of amides is 2. The maximum absolute atomic E-state index is 12.2. The van der Waals surface area contributed by atoms with Crippen LogP contribution in [0, 0.1) is 0 Å². The SMILES string of the molecule is O=C(NCCCc1ccccc1)c1ccc(C(=O)NCc2ccccc2)cc1. The number of hydrogen-bond donors (Lipinski definition) is 2. The molecule has 142 valence electrons. The zero-order chi connectivity index (χ0) is 19.6. The summed E-state index contributed by atoms with van der Waals surface area (Å²) in [5, 5.41) is 5.81. The molecule has 0 aliphatic carbocycles. The first-order chi connectivity index (χ1) is 13.7. The van der Waals surface area contributed by atoms with Crippen LogP contribution < -0.4 is 10.6 Å². The topological polar surface area (TPSA) is 58.2 Å². The molecule has 0 saturated carbocycles. The molecule has 3 rings (SSSR count). The molecular formula is C24H24N2O2. The quantitative estimate of drug-likeness (QED) is 0.588. The smallest absolute Gasteiger partial charge is 0.251 e. The lowest BCUT2D eigenvalue weighted by Crippen LogP contribution is -2.25. The third-order valence-electron chi connectivity index (χ3n) is 4.48. The Hall–Kier alpha value is -3.40. The Morgan fingerprint density at radius 1 is 0.607 bits per heavy atom. The summed E-state index contributed by atoms with van der Waals surface area (Å²) in [7, 11) is 0. The standard InChI is InChI=1S/C24H24N2O2/c27-23(25-17-7-12-19-8-3-1-4-9-19)21-13-15-22(16-14-21)24(28)26-18-20-10-5-2-6-11-20/h1-6,8-11,13-16H,7,12,17-18H2,(H,25,27)(H,26,28). The second-order valence-electron chi connectivity index (χ2n) is 6.59. The molecule has 0 aromatic heterocycles. The Balaban J connectivity index is 1.43. The lowest BCUT2D eigenvalue weighted by atomic mass is 10.1. The number of rotatable bonds is 8. The Labute approximate surface area is 165 Å². The van der Waals surface area contributed by atoms with Gasteiger partial charge in [-0.15, -0.1) is 0 Å². The molecule has 0 unspecified atom stereocenters. The van der Waals surface area contributed by atoms with E-state index in [0.29, 0.717) is 24.2 Å². The Morgan fingerprint density at radius 2 is 1.11 bits per heavy atom. The summed E-state index contributed by atoms with van der Waals surface area (Å²) >= 11 is 0. The lowest BCUT2D eigenvalue weighted by molar-refractivity contribution is 0.0940. The number of benzene rings is 3. The van der Waals surface area contributed by atoms with Gasteiger partial charge in [0.05, 0.1) is 0 Å². The molecule has 0 spiro atoms. The van der Waals surface area contributed by atoms with E-state index in [-0.39, 0.29) is 11.8 Å². The minimum absolute atomic E-state index is 0.121. The minimum atomic E-state index is -0.154. The molecule has 3 aromatic carbocycles. The summed E-state index contributed by atoms with van der Waals surface area (Å²) in [6.45, 7) is 1.09. The van der Waals surface area contributed by atoms with Gasteiger partial charge >= 0.3 is 0 Å². The first kappa shape index (κ1) is 19.4. The number of hydrogen-bond acceptors (Lipinski definition) is 2. The molecule has 28 heavy (non-hydrogen) atoms. The molecule has 0 atom stereocenters. The normalized spacial score (nSPS) is 10.3. The monoisotopic (exact) mass is 372 g/mol. The van der Waals surface area contributed by atoms with Crippen molar-refractivity contribution in [1.29, 1.82) is 0 Å². The van der Waals surface area contributed by atoms with Gasteiger partial charge in [-0.25, -0.2) is 0 Å². The van der Waals surface area contributed by atoms with Crippen molar-refractivity contribution in [3.63, 3.8) is 0 Å². The molecule has 2 N–H and O–H groups in total. The van der Waals surface area contributed by atoms with Crippen LogP contribution in [0.2, 0.25) is 0 Å². The van der Waals surface area contributed by atoms with Crippen LogP contribution >= 0.6 is 0 Å². The molecule has 2 amide bonds. The lowest BCUT2D eigenvalue weighted by Gasteiger charge is -2.08. The van der Waals surface area contributed by atoms with Crippen LogP contribution in [0.25, 0.3) is 0 Å². The third kappa shape index (κ3) is 5.81. The summed E-state index contributed by atoms with van der Waals surface area (Å²) in [5.41, 5.74) is 3.40. The zero-order valence-corrected chi connectivity index (χ0v) is 15.7. The average molecular weight is 372 g/mol. The van der Waals surface area contributed by atoms with Gasteiger partial charge in [0.25, 0.3) is 11.8 Å². The van der Waals surface area contributed by atoms with Crippen molar-refractivity contribution >= 4 is 11.8 Å². The molecule has 0 bridgehead atoms. The molecule has 3 aromatic rings. The van der Waals surface area contributed by atoms with E-state index < -0.39 is 0 Å². The highest BCUT2D eigenvalue weighted by Crippen LogP contribution is 2.06. The van der Waals surface area contributed by atoms with E-state index in [4.69, 9.17) is 0 Å². The van der Waals surface area contributed by atoms with Crippen molar-refractivity contribution in [2.45, 2.75) is 19.4 Å². The van der Waals surface area contributed by atoms with Crippen molar-refractivity contribution in [3.05, 3.63) is 107 Å². The van der Waals surface area contributed by atoms with E-state index in [1.165, 1.54) is 5.56 Å². The van der Waals surface area contributed by atoms with Crippen molar-refractivity contribution in [3.8, 4) is 0 Å². The van der Waals surface area contributed by atoms with Gasteiger partial charge < -0.3 is 10.6 Å². The maximum atomic E-state index is 12.2. The zero-order valence-electron chi connectivity index (χ0n) is 15.7. The maximum Gasteiger partial charge on any atom is 0.251 e. The van der Waals surface area contributed by atoms with Crippen LogP contribution in [-0.2, 0) is 13.0 Å². The van der Waals surface area contributed by atoms with Crippen LogP contribution in [-0.4, -0.2) is 18.4 Å². The Bertz CT molecular complexity index is 891. The molecule has 0 aliphatic heterocycles. The molecule has 0 heterocycles. The highest BCUT2D eigenvalue weighted by molar-refractivity contribution is 5.97. The number of nitrogens with one attached hydrogen (secondary N) is 2. The molecular weight excluding hydrogens is 348 g/mol. The summed E-state index contributed by atoms with van der Waals surface area (Å²) in [6, 6.07) is 26.7. The first-order valence-corrected chi connectivity index (χ1v) is 9.47. The van der Waals surface area contributed by atoms with Crippen molar-refractivity contribution in [2.24, 2.45) is 0 Å². The van der Waals surface area contributed by atoms with Gasteiger partial charge in [-0.05, 0) is 48.2 Å². The summed E-state index contributed by atoms with van der Waals surface area (Å²) < 4.78 is 0. The fourth-order valence-electron chi connectivity index (χ4n) is 2.89. The van der Waals surface area contributed by atoms with Crippen LogP contribution in [0.5, 0.6) is 0 Å². The van der Waals surface area contributed by atoms with Gasteiger partial charge in [-0.1, -0.05) is 60.7 Å². The van der Waals surface area contributed by atoms with Gasteiger partial charge in [0.15, 0.2) is 0 Å². The van der Waals surface area contributed by atoms with Crippen LogP contribution in [0.3, 0.4) is 0 Å². The predicted octanol–water partition coefficient (Wildman–Crippen LogP) is 3.98.